The quantitative estimate of drug-likeness (QED) is 0.582. The number of aryl methyl sites for hydroxylation is 1. The van der Waals surface area contributed by atoms with Crippen LogP contribution in [0.15, 0.2) is 52.3 Å². The Kier molecular flexibility index (Phi) is 8.02. The van der Waals surface area contributed by atoms with E-state index < -0.39 is 26.0 Å². The minimum Gasteiger partial charge on any atom is -0.496 e. The number of nitrogens with one attached hydrogen (secondary N) is 1. The van der Waals surface area contributed by atoms with Gasteiger partial charge in [-0.25, -0.2) is 21.1 Å². The molecule has 0 aromatic heterocycles. The van der Waals surface area contributed by atoms with Gasteiger partial charge >= 0.3 is 0 Å². The minimum absolute atomic E-state index is 0.110. The molecule has 9 nitrogen and oxygen atoms in total. The predicted octanol–water partition coefficient (Wildman–Crippen LogP) is 1.97. The maximum atomic E-state index is 13.1. The molecule has 1 saturated heterocycles. The number of amides is 1. The molecule has 0 saturated carbocycles. The fraction of sp³-hybridized carbons (Fsp3) is 0.435. The van der Waals surface area contributed by atoms with Crippen molar-refractivity contribution < 1.29 is 26.4 Å². The van der Waals surface area contributed by atoms with Gasteiger partial charge in [0.2, 0.25) is 26.0 Å². The number of hydrogen-bond donors (Lipinski definition) is 1. The van der Waals surface area contributed by atoms with Gasteiger partial charge in [0.05, 0.1) is 22.8 Å². The van der Waals surface area contributed by atoms with Crippen LogP contribution in [0.5, 0.6) is 5.75 Å². The van der Waals surface area contributed by atoms with Gasteiger partial charge in [-0.3, -0.25) is 4.79 Å². The van der Waals surface area contributed by atoms with Gasteiger partial charge in [-0.1, -0.05) is 12.1 Å². The van der Waals surface area contributed by atoms with Crippen LogP contribution in [0.3, 0.4) is 0 Å². The Morgan fingerprint density at radius 3 is 2.32 bits per heavy atom. The summed E-state index contributed by atoms with van der Waals surface area (Å²) >= 11 is 0. The number of benzene rings is 2. The number of ether oxygens (including phenoxy) is 1. The van der Waals surface area contributed by atoms with Crippen molar-refractivity contribution in [2.75, 3.05) is 34.3 Å². The van der Waals surface area contributed by atoms with Crippen LogP contribution in [0.4, 0.5) is 0 Å². The second-order valence-corrected chi connectivity index (χ2v) is 12.6. The highest BCUT2D eigenvalue weighted by atomic mass is 32.2. The Labute approximate surface area is 201 Å². The maximum absolute atomic E-state index is 13.1. The second kappa shape index (κ2) is 10.4. The van der Waals surface area contributed by atoms with Crippen LogP contribution < -0.4 is 10.1 Å². The Balaban J connectivity index is 1.64. The maximum Gasteiger partial charge on any atom is 0.243 e. The molecule has 2 aromatic carbocycles. The van der Waals surface area contributed by atoms with Gasteiger partial charge in [-0.05, 0) is 61.2 Å². The van der Waals surface area contributed by atoms with Crippen molar-refractivity contribution in [3.05, 3.63) is 53.6 Å². The molecule has 186 valence electrons. The number of sulfonamides is 2. The molecule has 0 unspecified atom stereocenters. The van der Waals surface area contributed by atoms with Crippen molar-refractivity contribution in [1.29, 1.82) is 0 Å². The molecular formula is C23H31N3O6S2. The lowest BCUT2D eigenvalue weighted by Gasteiger charge is -2.31. The van der Waals surface area contributed by atoms with Gasteiger partial charge in [0, 0.05) is 33.7 Å². The van der Waals surface area contributed by atoms with Crippen molar-refractivity contribution in [2.24, 2.45) is 5.92 Å². The highest BCUT2D eigenvalue weighted by Gasteiger charge is 2.33. The molecule has 3 rings (SSSR count). The number of hydrogen-bond acceptors (Lipinski definition) is 6. The van der Waals surface area contributed by atoms with E-state index in [-0.39, 0.29) is 28.8 Å². The van der Waals surface area contributed by atoms with Crippen molar-refractivity contribution >= 4 is 26.0 Å². The first-order valence-electron chi connectivity index (χ1n) is 10.9. The molecule has 1 heterocycles. The van der Waals surface area contributed by atoms with E-state index in [0.717, 1.165) is 15.4 Å². The summed E-state index contributed by atoms with van der Waals surface area (Å²) in [5.74, 6) is -0.0748. The zero-order valence-corrected chi connectivity index (χ0v) is 21.4. The average molecular weight is 510 g/mol. The fourth-order valence-corrected chi connectivity index (χ4v) is 6.37. The summed E-state index contributed by atoms with van der Waals surface area (Å²) in [6.07, 6.45) is 1.18. The van der Waals surface area contributed by atoms with E-state index in [1.165, 1.54) is 43.7 Å². The Morgan fingerprint density at radius 1 is 1.09 bits per heavy atom. The summed E-state index contributed by atoms with van der Waals surface area (Å²) in [5, 5.41) is 2.85. The van der Waals surface area contributed by atoms with Crippen LogP contribution in [0.25, 0.3) is 0 Å². The molecule has 1 fully saturated rings. The zero-order valence-electron chi connectivity index (χ0n) is 19.8. The van der Waals surface area contributed by atoms with Gasteiger partial charge in [0.15, 0.2) is 0 Å². The van der Waals surface area contributed by atoms with Gasteiger partial charge in [0.25, 0.3) is 0 Å². The summed E-state index contributed by atoms with van der Waals surface area (Å²) in [6, 6.07) is 11.0. The summed E-state index contributed by atoms with van der Waals surface area (Å²) in [6.45, 7) is 2.48. The second-order valence-electron chi connectivity index (χ2n) is 8.48. The van der Waals surface area contributed by atoms with Gasteiger partial charge in [-0.2, -0.15) is 4.31 Å². The third kappa shape index (κ3) is 5.60. The molecule has 0 aliphatic carbocycles. The first-order valence-corrected chi connectivity index (χ1v) is 13.8. The lowest BCUT2D eigenvalue weighted by Crippen LogP contribution is -2.45. The van der Waals surface area contributed by atoms with E-state index in [1.54, 1.807) is 31.2 Å². The number of methoxy groups -OCH3 is 1. The normalized spacial score (nSPS) is 17.5. The molecule has 1 amide bonds. The van der Waals surface area contributed by atoms with Gasteiger partial charge in [-0.15, -0.1) is 0 Å². The summed E-state index contributed by atoms with van der Waals surface area (Å²) in [4.78, 5) is 13.1. The topological polar surface area (TPSA) is 113 Å². The van der Waals surface area contributed by atoms with Crippen LogP contribution in [-0.4, -0.2) is 65.6 Å². The molecule has 0 radical (unpaired) electrons. The highest BCUT2D eigenvalue weighted by molar-refractivity contribution is 7.89. The standard InChI is InChI=1S/C23H31N3O6S2/c1-17-14-21(11-12-22(17)32-4)34(30,31)26-13-5-6-19(16-26)23(27)24-15-18-7-9-20(10-8-18)33(28,29)25(2)3/h7-12,14,19H,5-6,13,15-16H2,1-4H3,(H,24,27)/t19-/m1/s1. The highest BCUT2D eigenvalue weighted by Crippen LogP contribution is 2.27. The van der Waals surface area contributed by atoms with Crippen LogP contribution in [0.1, 0.15) is 24.0 Å². The van der Waals surface area contributed by atoms with Crippen molar-refractivity contribution in [2.45, 2.75) is 36.1 Å². The van der Waals surface area contributed by atoms with Crippen LogP contribution in [0.2, 0.25) is 0 Å². The third-order valence-electron chi connectivity index (χ3n) is 5.93. The molecule has 1 aliphatic heterocycles. The van der Waals surface area contributed by atoms with E-state index in [0.29, 0.717) is 25.1 Å². The van der Waals surface area contributed by atoms with Crippen molar-refractivity contribution in [3.8, 4) is 5.75 Å². The molecule has 1 atom stereocenters. The lowest BCUT2D eigenvalue weighted by atomic mass is 9.99. The van der Waals surface area contributed by atoms with Crippen LogP contribution in [0, 0.1) is 12.8 Å². The lowest BCUT2D eigenvalue weighted by molar-refractivity contribution is -0.126. The van der Waals surface area contributed by atoms with E-state index in [1.807, 2.05) is 0 Å². The van der Waals surface area contributed by atoms with E-state index in [9.17, 15) is 21.6 Å². The van der Waals surface area contributed by atoms with E-state index in [4.69, 9.17) is 4.74 Å². The summed E-state index contributed by atoms with van der Waals surface area (Å²) in [7, 11) is -2.78. The van der Waals surface area contributed by atoms with Gasteiger partial charge < -0.3 is 10.1 Å². The number of carbonyl (C=O) groups excluding carboxylic acids is 1. The molecule has 34 heavy (non-hydrogen) atoms. The molecule has 11 heteroatoms. The Hall–Kier alpha value is -2.47. The van der Waals surface area contributed by atoms with Crippen molar-refractivity contribution in [3.63, 3.8) is 0 Å². The number of nitrogens with zero attached hydrogens (tertiary/aromatic N) is 2. The van der Waals surface area contributed by atoms with Gasteiger partial charge in [0.1, 0.15) is 5.75 Å². The first kappa shape index (κ1) is 26.1. The number of carbonyl (C=O) groups is 1. The van der Waals surface area contributed by atoms with Crippen LogP contribution in [-0.2, 0) is 31.4 Å². The zero-order chi connectivity index (χ0) is 25.1. The average Bonchev–Trinajstić information content (AvgIpc) is 2.82. The third-order valence-corrected chi connectivity index (χ3v) is 9.62. The first-order chi connectivity index (χ1) is 16.0. The molecular weight excluding hydrogens is 478 g/mol. The fourth-order valence-electron chi connectivity index (χ4n) is 3.86. The van der Waals surface area contributed by atoms with E-state index in [2.05, 4.69) is 5.32 Å². The summed E-state index contributed by atoms with van der Waals surface area (Å²) in [5.41, 5.74) is 1.47. The van der Waals surface area contributed by atoms with Crippen molar-refractivity contribution in [1.82, 2.24) is 13.9 Å². The molecule has 1 aliphatic rings. The van der Waals surface area contributed by atoms with Crippen LogP contribution >= 0.6 is 0 Å². The smallest absolute Gasteiger partial charge is 0.243 e. The monoisotopic (exact) mass is 509 g/mol. The number of piperidine rings is 1. The molecule has 0 spiro atoms. The Morgan fingerprint density at radius 2 is 1.74 bits per heavy atom. The molecule has 0 bridgehead atoms. The predicted molar refractivity (Wildman–Crippen MR) is 128 cm³/mol. The number of rotatable bonds is 8. The SMILES string of the molecule is COc1ccc(S(=O)(=O)N2CCC[C@@H](C(=O)NCc3ccc(S(=O)(=O)N(C)C)cc3)C2)cc1C. The molecule has 2 aromatic rings. The molecule has 1 N–H and O–H groups in total. The van der Waals surface area contributed by atoms with E-state index >= 15 is 0 Å². The Bertz CT molecular complexity index is 1240. The summed E-state index contributed by atoms with van der Waals surface area (Å²) < 4.78 is 58.4. The largest absolute Gasteiger partial charge is 0.496 e. The minimum atomic E-state index is -3.73.